The maximum atomic E-state index is 4.08. The highest BCUT2D eigenvalue weighted by Gasteiger charge is 2.02. The standard InChI is InChI=1S/C11H8N2S/c1-2-4-13-7-9(5-10(13)3-1)11-6-12-8-14-11/h1-8H. The van der Waals surface area contributed by atoms with Crippen LogP contribution in [0.15, 0.2) is 48.4 Å². The average Bonchev–Trinajstić information content (AvgIpc) is 2.86. The molecule has 0 spiro atoms. The van der Waals surface area contributed by atoms with Gasteiger partial charge in [-0.05, 0) is 18.2 Å². The Morgan fingerprint density at radius 3 is 3.07 bits per heavy atom. The lowest BCUT2D eigenvalue weighted by molar-refractivity contribution is 1.20. The van der Waals surface area contributed by atoms with Crippen molar-refractivity contribution in [1.82, 2.24) is 9.38 Å². The lowest BCUT2D eigenvalue weighted by Crippen LogP contribution is -1.76. The second kappa shape index (κ2) is 2.96. The number of rotatable bonds is 1. The van der Waals surface area contributed by atoms with E-state index in [-0.39, 0.29) is 0 Å². The highest BCUT2D eigenvalue weighted by atomic mass is 32.1. The van der Waals surface area contributed by atoms with Crippen LogP contribution in [0.4, 0.5) is 0 Å². The minimum absolute atomic E-state index is 1.22. The van der Waals surface area contributed by atoms with Crippen molar-refractivity contribution < 1.29 is 0 Å². The van der Waals surface area contributed by atoms with Gasteiger partial charge in [0.2, 0.25) is 0 Å². The fourth-order valence-corrected chi connectivity index (χ4v) is 2.15. The van der Waals surface area contributed by atoms with Crippen molar-refractivity contribution in [3.63, 3.8) is 0 Å². The van der Waals surface area contributed by atoms with Crippen molar-refractivity contribution in [3.8, 4) is 10.4 Å². The summed E-state index contributed by atoms with van der Waals surface area (Å²) in [6.07, 6.45) is 6.09. The molecule has 0 aliphatic carbocycles. The Labute approximate surface area is 85.5 Å². The molecule has 0 fully saturated rings. The number of aromatic nitrogens is 2. The zero-order chi connectivity index (χ0) is 9.38. The Kier molecular flexibility index (Phi) is 1.64. The molecule has 0 aromatic carbocycles. The Morgan fingerprint density at radius 2 is 2.29 bits per heavy atom. The van der Waals surface area contributed by atoms with E-state index >= 15 is 0 Å². The van der Waals surface area contributed by atoms with Crippen molar-refractivity contribution in [3.05, 3.63) is 48.4 Å². The quantitative estimate of drug-likeness (QED) is 0.590. The molecule has 3 aromatic heterocycles. The first-order valence-corrected chi connectivity index (χ1v) is 5.27. The van der Waals surface area contributed by atoms with Gasteiger partial charge in [-0.3, -0.25) is 4.98 Å². The largest absolute Gasteiger partial charge is 0.323 e. The van der Waals surface area contributed by atoms with Gasteiger partial charge < -0.3 is 4.40 Å². The normalized spacial score (nSPS) is 10.9. The van der Waals surface area contributed by atoms with Crippen molar-refractivity contribution in [2.24, 2.45) is 0 Å². The number of hydrogen-bond acceptors (Lipinski definition) is 2. The summed E-state index contributed by atoms with van der Waals surface area (Å²) in [7, 11) is 0. The highest BCUT2D eigenvalue weighted by molar-refractivity contribution is 7.13. The van der Waals surface area contributed by atoms with Gasteiger partial charge >= 0.3 is 0 Å². The molecule has 0 saturated carbocycles. The predicted molar refractivity (Wildman–Crippen MR) is 58.5 cm³/mol. The van der Waals surface area contributed by atoms with Crippen LogP contribution in [0.5, 0.6) is 0 Å². The zero-order valence-corrected chi connectivity index (χ0v) is 8.24. The van der Waals surface area contributed by atoms with Gasteiger partial charge in [-0.25, -0.2) is 0 Å². The van der Waals surface area contributed by atoms with E-state index in [0.717, 1.165) is 0 Å². The summed E-state index contributed by atoms with van der Waals surface area (Å²) in [5, 5.41) is 0. The lowest BCUT2D eigenvalue weighted by atomic mass is 10.3. The molecule has 0 saturated heterocycles. The molecule has 0 amide bonds. The molecule has 0 aliphatic rings. The number of hydrogen-bond donors (Lipinski definition) is 0. The molecule has 68 valence electrons. The van der Waals surface area contributed by atoms with Crippen molar-refractivity contribution in [2.75, 3.05) is 0 Å². The number of fused-ring (bicyclic) bond motifs is 1. The molecular formula is C11H8N2S. The molecule has 2 nitrogen and oxygen atoms in total. The summed E-state index contributed by atoms with van der Waals surface area (Å²) in [5.74, 6) is 0. The molecule has 3 rings (SSSR count). The SMILES string of the molecule is c1ccn2cc(-c3cncs3)cc2c1. The lowest BCUT2D eigenvalue weighted by Gasteiger charge is -1.89. The fraction of sp³-hybridized carbons (Fsp3) is 0. The van der Waals surface area contributed by atoms with E-state index in [1.165, 1.54) is 16.0 Å². The van der Waals surface area contributed by atoms with Crippen LogP contribution >= 0.6 is 11.3 Å². The fourth-order valence-electron chi connectivity index (χ4n) is 1.55. The number of pyridine rings is 1. The Balaban J connectivity index is 2.24. The maximum Gasteiger partial charge on any atom is 0.0797 e. The minimum Gasteiger partial charge on any atom is -0.323 e. The van der Waals surface area contributed by atoms with E-state index < -0.39 is 0 Å². The monoisotopic (exact) mass is 200 g/mol. The molecule has 0 N–H and O–H groups in total. The second-order valence-corrected chi connectivity index (χ2v) is 4.01. The summed E-state index contributed by atoms with van der Waals surface area (Å²) < 4.78 is 2.12. The van der Waals surface area contributed by atoms with Crippen LogP contribution in [0.25, 0.3) is 16.0 Å². The van der Waals surface area contributed by atoms with Gasteiger partial charge in [-0.2, -0.15) is 0 Å². The minimum atomic E-state index is 1.22. The van der Waals surface area contributed by atoms with Crippen LogP contribution in [0.1, 0.15) is 0 Å². The van der Waals surface area contributed by atoms with Gasteiger partial charge in [0.1, 0.15) is 0 Å². The third-order valence-electron chi connectivity index (χ3n) is 2.22. The van der Waals surface area contributed by atoms with Gasteiger partial charge in [0, 0.05) is 29.7 Å². The van der Waals surface area contributed by atoms with Crippen LogP contribution in [-0.2, 0) is 0 Å². The van der Waals surface area contributed by atoms with E-state index in [0.29, 0.717) is 0 Å². The van der Waals surface area contributed by atoms with Gasteiger partial charge in [-0.1, -0.05) is 6.07 Å². The molecule has 3 heterocycles. The van der Waals surface area contributed by atoms with Crippen LogP contribution < -0.4 is 0 Å². The van der Waals surface area contributed by atoms with Crippen molar-refractivity contribution in [1.29, 1.82) is 0 Å². The third kappa shape index (κ3) is 1.14. The molecule has 0 bridgehead atoms. The van der Waals surface area contributed by atoms with Crippen molar-refractivity contribution >= 4 is 16.9 Å². The maximum absolute atomic E-state index is 4.08. The summed E-state index contributed by atoms with van der Waals surface area (Å²) in [4.78, 5) is 5.29. The Morgan fingerprint density at radius 1 is 1.29 bits per heavy atom. The summed E-state index contributed by atoms with van der Waals surface area (Å²) in [6, 6.07) is 8.35. The first-order chi connectivity index (χ1) is 6.93. The first kappa shape index (κ1) is 7.76. The molecule has 3 aromatic rings. The molecule has 0 unspecified atom stereocenters. The summed E-state index contributed by atoms with van der Waals surface area (Å²) in [5.41, 5.74) is 4.31. The van der Waals surface area contributed by atoms with Crippen LogP contribution in [-0.4, -0.2) is 9.38 Å². The van der Waals surface area contributed by atoms with Crippen LogP contribution in [0, 0.1) is 0 Å². The molecule has 0 radical (unpaired) electrons. The smallest absolute Gasteiger partial charge is 0.0797 e. The first-order valence-electron chi connectivity index (χ1n) is 4.39. The van der Waals surface area contributed by atoms with Crippen LogP contribution in [0.3, 0.4) is 0 Å². The molecular weight excluding hydrogens is 192 g/mol. The van der Waals surface area contributed by atoms with E-state index in [9.17, 15) is 0 Å². The summed E-state index contributed by atoms with van der Waals surface area (Å²) >= 11 is 1.67. The Bertz CT molecular complexity index is 518. The topological polar surface area (TPSA) is 17.3 Å². The van der Waals surface area contributed by atoms with Gasteiger partial charge in [0.15, 0.2) is 0 Å². The second-order valence-electron chi connectivity index (χ2n) is 3.13. The van der Waals surface area contributed by atoms with E-state index in [1.807, 2.05) is 23.8 Å². The van der Waals surface area contributed by atoms with E-state index in [4.69, 9.17) is 0 Å². The van der Waals surface area contributed by atoms with Gasteiger partial charge in [0.25, 0.3) is 0 Å². The van der Waals surface area contributed by atoms with E-state index in [1.54, 1.807) is 11.3 Å². The highest BCUT2D eigenvalue weighted by Crippen LogP contribution is 2.25. The average molecular weight is 200 g/mol. The number of nitrogens with zero attached hydrogens (tertiary/aromatic N) is 2. The van der Waals surface area contributed by atoms with Crippen LogP contribution in [0.2, 0.25) is 0 Å². The zero-order valence-electron chi connectivity index (χ0n) is 7.42. The molecule has 0 atom stereocenters. The molecule has 14 heavy (non-hydrogen) atoms. The summed E-state index contributed by atoms with van der Waals surface area (Å²) in [6.45, 7) is 0. The van der Waals surface area contributed by atoms with E-state index in [2.05, 4.69) is 33.9 Å². The van der Waals surface area contributed by atoms with Gasteiger partial charge in [0.05, 0.1) is 10.4 Å². The Hall–Kier alpha value is -1.61. The van der Waals surface area contributed by atoms with Gasteiger partial charge in [-0.15, -0.1) is 11.3 Å². The third-order valence-corrected chi connectivity index (χ3v) is 3.04. The van der Waals surface area contributed by atoms with Crippen molar-refractivity contribution in [2.45, 2.75) is 0 Å². The predicted octanol–water partition coefficient (Wildman–Crippen LogP) is 3.06. The number of thiazole rings is 1. The molecule has 0 aliphatic heterocycles. The molecule has 3 heteroatoms.